The lowest BCUT2D eigenvalue weighted by Crippen LogP contribution is -2.11. The minimum Gasteiger partial charge on any atom is -0.490 e. The molecule has 84 valence electrons. The number of carboxylic acids is 1. The van der Waals surface area contributed by atoms with Crippen LogP contribution in [0.4, 0.5) is 8.78 Å². The van der Waals surface area contributed by atoms with Gasteiger partial charge in [-0.25, -0.2) is 8.78 Å². The highest BCUT2D eigenvalue weighted by Crippen LogP contribution is 2.60. The predicted octanol–water partition coefficient (Wildman–Crippen LogP) is 1.77. The van der Waals surface area contributed by atoms with Gasteiger partial charge in [-0.1, -0.05) is 0 Å². The number of rotatable bonds is 1. The fourth-order valence-corrected chi connectivity index (χ4v) is 2.50. The third kappa shape index (κ3) is 1.08. The monoisotopic (exact) mass is 226 g/mol. The second-order valence-corrected chi connectivity index (χ2v) is 4.14. The van der Waals surface area contributed by atoms with Crippen molar-refractivity contribution in [2.75, 3.05) is 6.61 Å². The lowest BCUT2D eigenvalue weighted by Gasteiger charge is -2.17. The highest BCUT2D eigenvalue weighted by Gasteiger charge is 2.60. The lowest BCUT2D eigenvalue weighted by molar-refractivity contribution is -0.139. The fourth-order valence-electron chi connectivity index (χ4n) is 2.50. The maximum atomic E-state index is 13.5. The molecule has 0 amide bonds. The summed E-state index contributed by atoms with van der Waals surface area (Å²) in [5.41, 5.74) is 0.0867. The second kappa shape index (κ2) is 2.93. The Labute approximate surface area is 89.6 Å². The van der Waals surface area contributed by atoms with Gasteiger partial charge < -0.3 is 9.84 Å². The molecule has 2 aliphatic rings. The summed E-state index contributed by atoms with van der Waals surface area (Å²) in [6.45, 7) is 0.148. The van der Waals surface area contributed by atoms with Crippen molar-refractivity contribution in [2.24, 2.45) is 11.8 Å². The largest absolute Gasteiger partial charge is 0.490 e. The van der Waals surface area contributed by atoms with Crippen LogP contribution in [-0.2, 0) is 4.79 Å². The third-order valence-corrected chi connectivity index (χ3v) is 3.30. The van der Waals surface area contributed by atoms with E-state index in [2.05, 4.69) is 0 Å². The van der Waals surface area contributed by atoms with Crippen molar-refractivity contribution < 1.29 is 23.4 Å². The van der Waals surface area contributed by atoms with Crippen molar-refractivity contribution in [1.82, 2.24) is 0 Å². The SMILES string of the molecule is O=C(O)C1C2COc3c(F)ccc(F)c3C21. The molecule has 0 bridgehead atoms. The molecule has 1 heterocycles. The zero-order chi connectivity index (χ0) is 11.4. The molecule has 1 fully saturated rings. The van der Waals surface area contributed by atoms with Gasteiger partial charge in [0.25, 0.3) is 0 Å². The van der Waals surface area contributed by atoms with Gasteiger partial charge in [0, 0.05) is 17.4 Å². The van der Waals surface area contributed by atoms with Crippen LogP contribution < -0.4 is 4.74 Å². The number of hydrogen-bond donors (Lipinski definition) is 1. The Kier molecular flexibility index (Phi) is 1.75. The van der Waals surface area contributed by atoms with E-state index in [1.165, 1.54) is 0 Å². The van der Waals surface area contributed by atoms with Crippen LogP contribution in [0.1, 0.15) is 11.5 Å². The molecule has 3 rings (SSSR count). The van der Waals surface area contributed by atoms with Gasteiger partial charge in [0.05, 0.1) is 12.5 Å². The summed E-state index contributed by atoms with van der Waals surface area (Å²) in [6.07, 6.45) is 0. The maximum Gasteiger partial charge on any atom is 0.307 e. The predicted molar refractivity (Wildman–Crippen MR) is 49.2 cm³/mol. The summed E-state index contributed by atoms with van der Waals surface area (Å²) in [5, 5.41) is 8.90. The molecule has 3 nitrogen and oxygen atoms in total. The molecule has 16 heavy (non-hydrogen) atoms. The van der Waals surface area contributed by atoms with Crippen molar-refractivity contribution in [3.8, 4) is 5.75 Å². The van der Waals surface area contributed by atoms with Gasteiger partial charge in [-0.3, -0.25) is 4.79 Å². The number of hydrogen-bond acceptors (Lipinski definition) is 2. The average molecular weight is 226 g/mol. The quantitative estimate of drug-likeness (QED) is 0.793. The van der Waals surface area contributed by atoms with Crippen LogP contribution >= 0.6 is 0 Å². The van der Waals surface area contributed by atoms with Crippen LogP contribution in [0.3, 0.4) is 0 Å². The van der Waals surface area contributed by atoms with Crippen LogP contribution in [0.25, 0.3) is 0 Å². The van der Waals surface area contributed by atoms with Crippen LogP contribution in [-0.4, -0.2) is 17.7 Å². The van der Waals surface area contributed by atoms with E-state index < -0.39 is 29.4 Å². The standard InChI is InChI=1S/C11H8F2O3/c12-5-1-2-6(13)10-9(5)7-4(3-16-10)8(7)11(14)15/h1-2,4,7-8H,3H2,(H,14,15). The molecule has 1 saturated carbocycles. The van der Waals surface area contributed by atoms with Gasteiger partial charge in [0.2, 0.25) is 0 Å². The number of carboxylic acid groups (broad SMARTS) is 1. The summed E-state index contributed by atoms with van der Waals surface area (Å²) in [5.74, 6) is -3.61. The van der Waals surface area contributed by atoms with Gasteiger partial charge in [0.1, 0.15) is 5.82 Å². The molecule has 1 aliphatic carbocycles. The Balaban J connectivity index is 2.10. The minimum absolute atomic E-state index is 0.0867. The summed E-state index contributed by atoms with van der Waals surface area (Å²) < 4.78 is 31.9. The Morgan fingerprint density at radius 3 is 2.75 bits per heavy atom. The van der Waals surface area contributed by atoms with Crippen LogP contribution in [0.2, 0.25) is 0 Å². The first-order valence-electron chi connectivity index (χ1n) is 4.94. The highest BCUT2D eigenvalue weighted by atomic mass is 19.1. The molecule has 0 spiro atoms. The van der Waals surface area contributed by atoms with E-state index in [1.54, 1.807) is 0 Å². The number of aliphatic carboxylic acids is 1. The summed E-state index contributed by atoms with van der Waals surface area (Å²) in [6, 6.07) is 2.00. The molecule has 1 aromatic rings. The van der Waals surface area contributed by atoms with Crippen molar-refractivity contribution in [2.45, 2.75) is 5.92 Å². The Morgan fingerprint density at radius 2 is 2.06 bits per heavy atom. The molecule has 0 aromatic heterocycles. The molecule has 5 heteroatoms. The third-order valence-electron chi connectivity index (χ3n) is 3.30. The Morgan fingerprint density at radius 1 is 1.38 bits per heavy atom. The van der Waals surface area contributed by atoms with E-state index in [4.69, 9.17) is 9.84 Å². The van der Waals surface area contributed by atoms with Crippen molar-refractivity contribution in [1.29, 1.82) is 0 Å². The molecule has 1 aliphatic heterocycles. The van der Waals surface area contributed by atoms with E-state index in [1.807, 2.05) is 0 Å². The van der Waals surface area contributed by atoms with E-state index in [0.717, 1.165) is 12.1 Å². The summed E-state index contributed by atoms with van der Waals surface area (Å²) in [7, 11) is 0. The van der Waals surface area contributed by atoms with Crippen LogP contribution in [0.15, 0.2) is 12.1 Å². The normalized spacial score (nSPS) is 30.0. The molecular weight excluding hydrogens is 218 g/mol. The number of carbonyl (C=O) groups is 1. The van der Waals surface area contributed by atoms with E-state index in [0.29, 0.717) is 0 Å². The van der Waals surface area contributed by atoms with Crippen molar-refractivity contribution in [3.05, 3.63) is 29.3 Å². The molecule has 0 radical (unpaired) electrons. The molecule has 3 unspecified atom stereocenters. The van der Waals surface area contributed by atoms with E-state index in [-0.39, 0.29) is 23.8 Å². The molecule has 0 saturated heterocycles. The molecule has 1 aromatic carbocycles. The van der Waals surface area contributed by atoms with Gasteiger partial charge in [-0.15, -0.1) is 0 Å². The zero-order valence-electron chi connectivity index (χ0n) is 8.11. The first kappa shape index (κ1) is 9.57. The summed E-state index contributed by atoms with van der Waals surface area (Å²) >= 11 is 0. The second-order valence-electron chi connectivity index (χ2n) is 4.14. The number of fused-ring (bicyclic) bond motifs is 3. The van der Waals surface area contributed by atoms with E-state index >= 15 is 0 Å². The minimum atomic E-state index is -0.977. The Hall–Kier alpha value is -1.65. The molecule has 1 N–H and O–H groups in total. The Bertz CT molecular complexity index is 486. The lowest BCUT2D eigenvalue weighted by atomic mass is 10.0. The van der Waals surface area contributed by atoms with Gasteiger partial charge >= 0.3 is 5.97 Å². The highest BCUT2D eigenvalue weighted by molar-refractivity contribution is 5.77. The average Bonchev–Trinajstić information content (AvgIpc) is 2.97. The van der Waals surface area contributed by atoms with Crippen molar-refractivity contribution >= 4 is 5.97 Å². The fraction of sp³-hybridized carbons (Fsp3) is 0.364. The number of halogens is 2. The zero-order valence-corrected chi connectivity index (χ0v) is 8.11. The number of ether oxygens (including phenoxy) is 1. The van der Waals surface area contributed by atoms with Crippen molar-refractivity contribution in [3.63, 3.8) is 0 Å². The van der Waals surface area contributed by atoms with Gasteiger partial charge in [0.15, 0.2) is 11.6 Å². The first-order chi connectivity index (χ1) is 7.61. The smallest absolute Gasteiger partial charge is 0.307 e. The van der Waals surface area contributed by atoms with Gasteiger partial charge in [-0.05, 0) is 12.1 Å². The molecular formula is C11H8F2O3. The maximum absolute atomic E-state index is 13.5. The van der Waals surface area contributed by atoms with E-state index in [9.17, 15) is 13.6 Å². The topological polar surface area (TPSA) is 46.5 Å². The van der Waals surface area contributed by atoms with Crippen LogP contribution in [0.5, 0.6) is 5.75 Å². The molecule has 3 atom stereocenters. The summed E-state index contributed by atoms with van der Waals surface area (Å²) in [4.78, 5) is 10.9. The first-order valence-corrected chi connectivity index (χ1v) is 4.94. The van der Waals surface area contributed by atoms with Crippen LogP contribution in [0, 0.1) is 23.5 Å². The van der Waals surface area contributed by atoms with Gasteiger partial charge in [-0.2, -0.15) is 0 Å². The number of benzene rings is 1.